The Kier molecular flexibility index (Phi) is 15.6. The summed E-state index contributed by atoms with van der Waals surface area (Å²) in [5.41, 5.74) is 6.46. The summed E-state index contributed by atoms with van der Waals surface area (Å²) in [6, 6.07) is 13.2. The van der Waals surface area contributed by atoms with Gasteiger partial charge in [-0.2, -0.15) is 5.10 Å². The van der Waals surface area contributed by atoms with Crippen molar-refractivity contribution in [2.45, 2.75) is 93.5 Å². The maximum Gasteiger partial charge on any atom is 0.384 e. The van der Waals surface area contributed by atoms with Crippen molar-refractivity contribution in [2.75, 3.05) is 10.6 Å². The highest BCUT2D eigenvalue weighted by Crippen LogP contribution is 2.23. The number of anilines is 2. The van der Waals surface area contributed by atoms with Crippen LogP contribution in [0.4, 0.5) is 11.4 Å². The molecule has 0 radical (unpaired) electrons. The number of aryl methyl sites for hydroxylation is 2. The van der Waals surface area contributed by atoms with Gasteiger partial charge in [-0.3, -0.25) is 5.10 Å². The highest BCUT2D eigenvalue weighted by Gasteiger charge is 2.08. The van der Waals surface area contributed by atoms with Gasteiger partial charge in [0, 0.05) is 52.8 Å². The molecule has 0 atom stereocenters. The fraction of sp³-hybridized carbons (Fsp3) is 0.389. The molecule has 256 valence electrons. The van der Waals surface area contributed by atoms with E-state index in [1.807, 2.05) is 25.0 Å². The number of benzene rings is 2. The molecular weight excluding hydrogens is 608 g/mol. The number of nitrogens with one attached hydrogen (secondary N) is 3. The molecule has 3 N–H and O–H groups in total. The second kappa shape index (κ2) is 19.3. The molecule has 0 bridgehead atoms. The fourth-order valence-electron chi connectivity index (χ4n) is 4.15. The van der Waals surface area contributed by atoms with Crippen LogP contribution in [0.3, 0.4) is 0 Å². The second-order valence-corrected chi connectivity index (χ2v) is 12.1. The van der Waals surface area contributed by atoms with Gasteiger partial charge >= 0.3 is 11.9 Å². The molecule has 4 aromatic rings. The van der Waals surface area contributed by atoms with E-state index in [1.54, 1.807) is 34.0 Å². The molecule has 0 amide bonds. The molecule has 0 aliphatic rings. The number of carbonyl (C=O) groups excluding carboxylic acids is 2. The molecule has 0 spiro atoms. The predicted molar refractivity (Wildman–Crippen MR) is 191 cm³/mol. The van der Waals surface area contributed by atoms with Crippen LogP contribution in [-0.2, 0) is 19.1 Å². The third-order valence-electron chi connectivity index (χ3n) is 5.70. The van der Waals surface area contributed by atoms with E-state index in [-0.39, 0.29) is 12.2 Å². The number of ether oxygens (including phenoxy) is 2. The van der Waals surface area contributed by atoms with Gasteiger partial charge < -0.3 is 20.1 Å². The van der Waals surface area contributed by atoms with Crippen molar-refractivity contribution in [3.8, 4) is 35.1 Å². The summed E-state index contributed by atoms with van der Waals surface area (Å²) in [5, 5.41) is 17.9. The predicted octanol–water partition coefficient (Wildman–Crippen LogP) is 6.67. The first-order valence-electron chi connectivity index (χ1n) is 15.7. The van der Waals surface area contributed by atoms with Crippen LogP contribution in [-0.4, -0.2) is 66.2 Å². The van der Waals surface area contributed by atoms with Gasteiger partial charge in [0.1, 0.15) is 12.7 Å². The lowest BCUT2D eigenvalue weighted by Gasteiger charge is -2.11. The summed E-state index contributed by atoms with van der Waals surface area (Å²) in [4.78, 5) is 30.1. The molecule has 12 nitrogen and oxygen atoms in total. The summed E-state index contributed by atoms with van der Waals surface area (Å²) in [6.07, 6.45) is 10.4. The third-order valence-corrected chi connectivity index (χ3v) is 5.70. The van der Waals surface area contributed by atoms with Crippen LogP contribution in [0.25, 0.3) is 29.0 Å². The molecule has 4 rings (SSSR count). The van der Waals surface area contributed by atoms with E-state index >= 15 is 0 Å². The number of aromatic amines is 1. The third kappa shape index (κ3) is 14.8. The maximum absolute atomic E-state index is 11.5. The monoisotopic (exact) mass is 656 g/mol. The summed E-state index contributed by atoms with van der Waals surface area (Å²) in [7, 11) is 0. The molecular formula is C36H48N8O4. The molecule has 0 fully saturated rings. The number of terminal acetylenes is 1. The van der Waals surface area contributed by atoms with Gasteiger partial charge in [0.2, 0.25) is 0 Å². The van der Waals surface area contributed by atoms with Crippen molar-refractivity contribution >= 4 is 29.5 Å². The van der Waals surface area contributed by atoms with Crippen LogP contribution in [0, 0.1) is 26.2 Å². The number of esters is 2. The molecule has 0 unspecified atom stereocenters. The molecule has 2 aromatic carbocycles. The molecule has 0 aliphatic heterocycles. The Bertz CT molecular complexity index is 1670. The number of hydrogen-bond acceptors (Lipinski definition) is 10. The quantitative estimate of drug-likeness (QED) is 0.0731. The smallest absolute Gasteiger partial charge is 0.384 e. The van der Waals surface area contributed by atoms with E-state index in [1.165, 1.54) is 28.8 Å². The zero-order chi connectivity index (χ0) is 35.8. The number of nitrogens with zero attached hydrogens (tertiary/aromatic N) is 5. The lowest BCUT2D eigenvalue weighted by Crippen LogP contribution is -2.09. The fourth-order valence-corrected chi connectivity index (χ4v) is 4.15. The van der Waals surface area contributed by atoms with Crippen molar-refractivity contribution in [1.29, 1.82) is 0 Å². The largest absolute Gasteiger partial charge is 0.460 e. The topological polar surface area (TPSA) is 149 Å². The first-order valence-corrected chi connectivity index (χ1v) is 15.7. The van der Waals surface area contributed by atoms with Crippen LogP contribution in [0.2, 0.25) is 0 Å². The average Bonchev–Trinajstić information content (AvgIpc) is 3.68. The van der Waals surface area contributed by atoms with Gasteiger partial charge in [0.05, 0.1) is 12.2 Å². The van der Waals surface area contributed by atoms with Crippen LogP contribution in [0.15, 0.2) is 55.1 Å². The summed E-state index contributed by atoms with van der Waals surface area (Å²) in [6.45, 7) is 19.6. The Morgan fingerprint density at radius 2 is 1.40 bits per heavy atom. The zero-order valence-electron chi connectivity index (χ0n) is 29.5. The van der Waals surface area contributed by atoms with Crippen molar-refractivity contribution in [3.63, 3.8) is 0 Å². The molecule has 12 heteroatoms. The Hall–Kier alpha value is -5.44. The van der Waals surface area contributed by atoms with Crippen LogP contribution in [0.5, 0.6) is 0 Å². The summed E-state index contributed by atoms with van der Waals surface area (Å²) in [5.74, 6) is 2.24. The van der Waals surface area contributed by atoms with E-state index in [9.17, 15) is 9.59 Å². The zero-order valence-corrected chi connectivity index (χ0v) is 29.5. The van der Waals surface area contributed by atoms with Gasteiger partial charge in [-0.1, -0.05) is 0 Å². The van der Waals surface area contributed by atoms with E-state index in [2.05, 4.69) is 99.5 Å². The number of rotatable bonds is 10. The van der Waals surface area contributed by atoms with Crippen molar-refractivity contribution in [3.05, 3.63) is 66.3 Å². The minimum Gasteiger partial charge on any atom is -0.460 e. The van der Waals surface area contributed by atoms with Gasteiger partial charge in [-0.05, 0) is 117 Å². The number of hydrogen-bond donors (Lipinski definition) is 3. The molecule has 0 saturated carbocycles. The maximum atomic E-state index is 11.5. The van der Waals surface area contributed by atoms with Gasteiger partial charge in [0.25, 0.3) is 0 Å². The van der Waals surface area contributed by atoms with E-state index in [4.69, 9.17) is 11.2 Å². The molecule has 48 heavy (non-hydrogen) atoms. The van der Waals surface area contributed by atoms with Crippen molar-refractivity contribution in [1.82, 2.24) is 29.9 Å². The molecule has 0 saturated heterocycles. The van der Waals surface area contributed by atoms with Crippen LogP contribution in [0.1, 0.15) is 66.5 Å². The van der Waals surface area contributed by atoms with Crippen LogP contribution >= 0.6 is 0 Å². The highest BCUT2D eigenvalue weighted by molar-refractivity contribution is 5.87. The number of aromatic nitrogens is 6. The van der Waals surface area contributed by atoms with Crippen molar-refractivity contribution < 1.29 is 19.1 Å². The van der Waals surface area contributed by atoms with Gasteiger partial charge in [-0.15, -0.1) is 11.5 Å². The Morgan fingerprint density at radius 1 is 0.833 bits per heavy atom. The number of H-pyrrole nitrogens is 1. The van der Waals surface area contributed by atoms with Gasteiger partial charge in [-0.25, -0.2) is 24.2 Å². The lowest BCUT2D eigenvalue weighted by atomic mass is 10.1. The first-order chi connectivity index (χ1) is 22.6. The molecule has 2 aromatic heterocycles. The Morgan fingerprint density at radius 3 is 1.88 bits per heavy atom. The molecule has 2 heterocycles. The minimum atomic E-state index is -0.597. The lowest BCUT2D eigenvalue weighted by molar-refractivity contribution is -0.141. The SMILES string of the molecule is C#CC(=O)OC(C)C.Cc1cc(NC(C)C)cc(-c2ncn(/C=C\C(=O)OC(C)C)n2)c1.Cc1cc(NC(C)C)cc(-c2ncn[nH]2)c1. The number of carbonyl (C=O) groups is 2. The summed E-state index contributed by atoms with van der Waals surface area (Å²) >= 11 is 0. The van der Waals surface area contributed by atoms with E-state index in [0.29, 0.717) is 17.9 Å². The van der Waals surface area contributed by atoms with Crippen LogP contribution < -0.4 is 10.6 Å². The average molecular weight is 657 g/mol. The van der Waals surface area contributed by atoms with Gasteiger partial charge in [0.15, 0.2) is 11.6 Å². The second-order valence-electron chi connectivity index (χ2n) is 12.1. The standard InChI is InChI=1S/C18H24N4O2.C12H16N4.C6H8O2/c1-12(2)20-16-9-14(5)8-15(10-16)18-19-11-22(21-18)7-6-17(23)24-13(3)4;1-8(2)15-11-5-9(3)4-10(6-11)12-13-7-14-16-12;1-4-6(7)8-5(2)3/h6-13,20H,1-5H3;4-8,15H,1-3H3,(H,13,14,16);1,5H,2-3H3/b7-6-;;. The first kappa shape index (κ1) is 38.7. The Labute approximate surface area is 283 Å². The van der Waals surface area contributed by atoms with E-state index in [0.717, 1.165) is 33.9 Å². The molecule has 0 aliphatic carbocycles. The Balaban J connectivity index is 0.000000285. The minimum absolute atomic E-state index is 0.112. The van der Waals surface area contributed by atoms with E-state index < -0.39 is 11.9 Å². The van der Waals surface area contributed by atoms with Crippen molar-refractivity contribution in [2.24, 2.45) is 0 Å². The summed E-state index contributed by atoms with van der Waals surface area (Å²) < 4.78 is 11.1. The normalized spacial score (nSPS) is 10.7. The highest BCUT2D eigenvalue weighted by atomic mass is 16.5.